The van der Waals surface area contributed by atoms with E-state index in [-0.39, 0.29) is 29.8 Å². The molecular weight excluding hydrogens is 258 g/mol. The average molecular weight is 279 g/mol. The zero-order valence-electron chi connectivity index (χ0n) is 11.6. The number of carbonyl (C=O) groups is 2. The molecule has 3 rings (SSSR count). The lowest BCUT2D eigenvalue weighted by Gasteiger charge is -2.37. The second-order valence-electron chi connectivity index (χ2n) is 6.46. The molecule has 2 fully saturated rings. The van der Waals surface area contributed by atoms with Gasteiger partial charge in [-0.25, -0.2) is 0 Å². The van der Waals surface area contributed by atoms with Gasteiger partial charge in [0, 0.05) is 13.1 Å². The highest BCUT2D eigenvalue weighted by atomic mass is 16.4. The molecule has 0 aromatic rings. The van der Waals surface area contributed by atoms with Crippen LogP contribution in [0.25, 0.3) is 0 Å². The molecule has 2 N–H and O–H groups in total. The van der Waals surface area contributed by atoms with Crippen LogP contribution in [0.1, 0.15) is 19.8 Å². The van der Waals surface area contributed by atoms with Crippen LogP contribution in [0.4, 0.5) is 0 Å². The molecule has 3 aliphatic rings. The fourth-order valence-corrected chi connectivity index (χ4v) is 4.04. The maximum Gasteiger partial charge on any atom is 0.307 e. The molecule has 0 aromatic carbocycles. The smallest absolute Gasteiger partial charge is 0.307 e. The lowest BCUT2D eigenvalue weighted by atomic mass is 9.81. The Bertz CT molecular complexity index is 461. The Balaban J connectivity index is 1.77. The molecule has 1 aliphatic heterocycles. The number of aliphatic hydroxyl groups excluding tert-OH is 1. The van der Waals surface area contributed by atoms with E-state index in [1.165, 1.54) is 0 Å². The van der Waals surface area contributed by atoms with Crippen LogP contribution < -0.4 is 0 Å². The van der Waals surface area contributed by atoms with Gasteiger partial charge in [0.2, 0.25) is 5.91 Å². The first-order valence-electron chi connectivity index (χ1n) is 7.37. The van der Waals surface area contributed by atoms with Crippen molar-refractivity contribution in [1.82, 2.24) is 4.90 Å². The van der Waals surface area contributed by atoms with Gasteiger partial charge in [-0.2, -0.15) is 0 Å². The van der Waals surface area contributed by atoms with Gasteiger partial charge in [0.05, 0.1) is 17.9 Å². The number of hydrogen-bond acceptors (Lipinski definition) is 3. The van der Waals surface area contributed by atoms with E-state index in [1.807, 2.05) is 19.1 Å². The van der Waals surface area contributed by atoms with Crippen LogP contribution in [0.3, 0.4) is 0 Å². The van der Waals surface area contributed by atoms with Crippen LogP contribution in [0.5, 0.6) is 0 Å². The summed E-state index contributed by atoms with van der Waals surface area (Å²) in [6.45, 7) is 3.00. The summed E-state index contributed by atoms with van der Waals surface area (Å²) in [6, 6.07) is 0. The third kappa shape index (κ3) is 2.04. The van der Waals surface area contributed by atoms with Crippen LogP contribution in [-0.4, -0.2) is 46.2 Å². The molecule has 5 heteroatoms. The van der Waals surface area contributed by atoms with Crippen molar-refractivity contribution in [2.45, 2.75) is 25.9 Å². The number of aliphatic carboxylic acids is 1. The first-order chi connectivity index (χ1) is 9.49. The van der Waals surface area contributed by atoms with Crippen LogP contribution in [0, 0.1) is 29.6 Å². The first kappa shape index (κ1) is 13.6. The number of nitrogens with zero attached hydrogens (tertiary/aromatic N) is 1. The lowest BCUT2D eigenvalue weighted by molar-refractivity contribution is -0.152. The summed E-state index contributed by atoms with van der Waals surface area (Å²) in [5, 5.41) is 19.1. The van der Waals surface area contributed by atoms with E-state index < -0.39 is 17.8 Å². The summed E-state index contributed by atoms with van der Waals surface area (Å²) < 4.78 is 0. The van der Waals surface area contributed by atoms with Crippen molar-refractivity contribution in [2.75, 3.05) is 13.1 Å². The number of rotatable bonds is 2. The fourth-order valence-electron chi connectivity index (χ4n) is 4.04. The van der Waals surface area contributed by atoms with Gasteiger partial charge in [0.15, 0.2) is 0 Å². The second kappa shape index (κ2) is 4.88. The monoisotopic (exact) mass is 279 g/mol. The van der Waals surface area contributed by atoms with E-state index in [1.54, 1.807) is 4.90 Å². The SMILES string of the molecule is CC1CN(C(=O)[C@H]2C3C=CC(C3)[C@H]2C(=O)O)CCC1O. The molecule has 0 radical (unpaired) electrons. The molecule has 6 atom stereocenters. The number of carbonyl (C=O) groups excluding carboxylic acids is 1. The summed E-state index contributed by atoms with van der Waals surface area (Å²) in [5.41, 5.74) is 0. The maximum atomic E-state index is 12.7. The van der Waals surface area contributed by atoms with E-state index in [0.717, 1.165) is 6.42 Å². The highest BCUT2D eigenvalue weighted by Gasteiger charge is 2.52. The maximum absolute atomic E-state index is 12.7. The summed E-state index contributed by atoms with van der Waals surface area (Å²) in [5.74, 6) is -1.72. The molecule has 4 unspecified atom stereocenters. The molecule has 0 aromatic heterocycles. The second-order valence-corrected chi connectivity index (χ2v) is 6.46. The molecule has 2 bridgehead atoms. The third-order valence-electron chi connectivity index (χ3n) is 5.20. The van der Waals surface area contributed by atoms with Gasteiger partial charge in [0.25, 0.3) is 0 Å². The van der Waals surface area contributed by atoms with Crippen molar-refractivity contribution in [3.05, 3.63) is 12.2 Å². The zero-order chi connectivity index (χ0) is 14.4. The van der Waals surface area contributed by atoms with Crippen molar-refractivity contribution in [2.24, 2.45) is 29.6 Å². The van der Waals surface area contributed by atoms with E-state index in [9.17, 15) is 19.8 Å². The number of piperidine rings is 1. The number of likely N-dealkylation sites (tertiary alicyclic amines) is 1. The van der Waals surface area contributed by atoms with Crippen molar-refractivity contribution in [3.8, 4) is 0 Å². The minimum absolute atomic E-state index is 0.0132. The Morgan fingerprint density at radius 2 is 1.85 bits per heavy atom. The molecule has 5 nitrogen and oxygen atoms in total. The van der Waals surface area contributed by atoms with Crippen molar-refractivity contribution in [1.29, 1.82) is 0 Å². The molecule has 110 valence electrons. The van der Waals surface area contributed by atoms with Crippen molar-refractivity contribution in [3.63, 3.8) is 0 Å². The van der Waals surface area contributed by atoms with E-state index in [2.05, 4.69) is 0 Å². The average Bonchev–Trinajstić information content (AvgIpc) is 3.01. The van der Waals surface area contributed by atoms with Gasteiger partial charge in [-0.1, -0.05) is 19.1 Å². The summed E-state index contributed by atoms with van der Waals surface area (Å²) in [6.07, 6.45) is 4.99. The predicted octanol–water partition coefficient (Wildman–Crippen LogP) is 0.739. The summed E-state index contributed by atoms with van der Waals surface area (Å²) >= 11 is 0. The highest BCUT2D eigenvalue weighted by molar-refractivity contribution is 5.87. The summed E-state index contributed by atoms with van der Waals surface area (Å²) in [7, 11) is 0. The van der Waals surface area contributed by atoms with E-state index >= 15 is 0 Å². The number of carboxylic acids is 1. The zero-order valence-corrected chi connectivity index (χ0v) is 11.6. The minimum Gasteiger partial charge on any atom is -0.481 e. The number of allylic oxidation sites excluding steroid dienone is 2. The van der Waals surface area contributed by atoms with Crippen LogP contribution in [0.2, 0.25) is 0 Å². The molecule has 0 spiro atoms. The Morgan fingerprint density at radius 3 is 2.45 bits per heavy atom. The largest absolute Gasteiger partial charge is 0.481 e. The lowest BCUT2D eigenvalue weighted by Crippen LogP contribution is -2.49. The van der Waals surface area contributed by atoms with Crippen molar-refractivity contribution >= 4 is 11.9 Å². The predicted molar refractivity (Wildman–Crippen MR) is 71.7 cm³/mol. The first-order valence-corrected chi connectivity index (χ1v) is 7.37. The van der Waals surface area contributed by atoms with Gasteiger partial charge in [-0.15, -0.1) is 0 Å². The standard InChI is InChI=1S/C15H21NO4/c1-8-7-16(5-4-11(8)17)14(18)12-9-2-3-10(6-9)13(12)15(19)20/h2-3,8-13,17H,4-7H2,1H3,(H,19,20)/t8?,9?,10?,11?,12-,13+/m0/s1. The van der Waals surface area contributed by atoms with Gasteiger partial charge in [0.1, 0.15) is 0 Å². The molecule has 1 saturated carbocycles. The Hall–Kier alpha value is -1.36. The molecule has 1 saturated heterocycles. The number of aliphatic hydroxyl groups is 1. The number of fused-ring (bicyclic) bond motifs is 2. The number of amides is 1. The number of carboxylic acid groups (broad SMARTS) is 1. The summed E-state index contributed by atoms with van der Waals surface area (Å²) in [4.78, 5) is 25.9. The minimum atomic E-state index is -0.856. The number of hydrogen-bond donors (Lipinski definition) is 2. The van der Waals surface area contributed by atoms with Gasteiger partial charge in [-0.3, -0.25) is 9.59 Å². The molecule has 1 amide bonds. The van der Waals surface area contributed by atoms with E-state index in [0.29, 0.717) is 19.5 Å². The normalized spacial score (nSPS) is 43.0. The van der Waals surface area contributed by atoms with Gasteiger partial charge in [-0.05, 0) is 30.6 Å². The van der Waals surface area contributed by atoms with Crippen LogP contribution >= 0.6 is 0 Å². The molecule has 1 heterocycles. The topological polar surface area (TPSA) is 77.8 Å². The molecule has 20 heavy (non-hydrogen) atoms. The Morgan fingerprint density at radius 1 is 1.20 bits per heavy atom. The van der Waals surface area contributed by atoms with Crippen LogP contribution in [-0.2, 0) is 9.59 Å². The van der Waals surface area contributed by atoms with Gasteiger partial charge < -0.3 is 15.1 Å². The van der Waals surface area contributed by atoms with Crippen LogP contribution in [0.15, 0.2) is 12.2 Å². The third-order valence-corrected chi connectivity index (χ3v) is 5.20. The quantitative estimate of drug-likeness (QED) is 0.731. The van der Waals surface area contributed by atoms with Gasteiger partial charge >= 0.3 is 5.97 Å². The molecule has 2 aliphatic carbocycles. The molecular formula is C15H21NO4. The van der Waals surface area contributed by atoms with E-state index in [4.69, 9.17) is 0 Å². The fraction of sp³-hybridized carbons (Fsp3) is 0.733. The Kier molecular flexibility index (Phi) is 3.32. The Labute approximate surface area is 118 Å². The highest BCUT2D eigenvalue weighted by Crippen LogP contribution is 2.49. The van der Waals surface area contributed by atoms with Crippen molar-refractivity contribution < 1.29 is 19.8 Å².